The lowest BCUT2D eigenvalue weighted by molar-refractivity contribution is 0.199. The van der Waals surface area contributed by atoms with Crippen molar-refractivity contribution in [2.24, 2.45) is 0 Å². The van der Waals surface area contributed by atoms with Gasteiger partial charge in [0.05, 0.1) is 13.2 Å². The highest BCUT2D eigenvalue weighted by atomic mass is 19.1. The molecule has 0 atom stereocenters. The van der Waals surface area contributed by atoms with E-state index in [1.165, 1.54) is 6.07 Å². The number of hydrogen-bond acceptors (Lipinski definition) is 3. The summed E-state index contributed by atoms with van der Waals surface area (Å²) in [5, 5.41) is 3.17. The fourth-order valence-corrected chi connectivity index (χ4v) is 1.50. The number of rotatable bonds is 9. The molecule has 1 aromatic carbocycles. The largest absolute Gasteiger partial charge is 0.491 e. The maximum absolute atomic E-state index is 13.7. The number of methoxy groups -OCH3 is 1. The highest BCUT2D eigenvalue weighted by Crippen LogP contribution is 2.18. The summed E-state index contributed by atoms with van der Waals surface area (Å²) in [5.74, 6) is 0.0428. The molecular weight excluding hydrogens is 233 g/mol. The van der Waals surface area contributed by atoms with Gasteiger partial charge in [0, 0.05) is 20.2 Å². The average molecular weight is 255 g/mol. The lowest BCUT2D eigenvalue weighted by atomic mass is 10.2. The smallest absolute Gasteiger partial charge is 0.165 e. The van der Waals surface area contributed by atoms with Crippen molar-refractivity contribution >= 4 is 0 Å². The molecule has 0 radical (unpaired) electrons. The standard InChI is InChI=1S/C14H22FNO2/c1-3-4-8-18-14-6-5-12(10-13(14)15)11-16-7-9-17-2/h5-6,10,16H,3-4,7-9,11H2,1-2H3. The lowest BCUT2D eigenvalue weighted by Gasteiger charge is -2.09. The van der Waals surface area contributed by atoms with Crippen LogP contribution in [0, 0.1) is 5.82 Å². The average Bonchev–Trinajstić information content (AvgIpc) is 2.37. The van der Waals surface area contributed by atoms with Crippen LogP contribution < -0.4 is 10.1 Å². The van der Waals surface area contributed by atoms with Crippen molar-refractivity contribution in [3.8, 4) is 5.75 Å². The van der Waals surface area contributed by atoms with Crippen molar-refractivity contribution in [3.63, 3.8) is 0 Å². The lowest BCUT2D eigenvalue weighted by Crippen LogP contribution is -2.18. The van der Waals surface area contributed by atoms with E-state index >= 15 is 0 Å². The van der Waals surface area contributed by atoms with Crippen LogP contribution in [0.5, 0.6) is 5.75 Å². The summed E-state index contributed by atoms with van der Waals surface area (Å²) in [7, 11) is 1.66. The van der Waals surface area contributed by atoms with Crippen LogP contribution in [0.3, 0.4) is 0 Å². The van der Waals surface area contributed by atoms with Crippen molar-refractivity contribution in [2.45, 2.75) is 26.3 Å². The number of unbranched alkanes of at least 4 members (excludes halogenated alkanes) is 1. The van der Waals surface area contributed by atoms with Gasteiger partial charge in [-0.05, 0) is 24.1 Å². The van der Waals surface area contributed by atoms with Crippen LogP contribution in [0.2, 0.25) is 0 Å². The van der Waals surface area contributed by atoms with Crippen LogP contribution in [0.4, 0.5) is 4.39 Å². The van der Waals surface area contributed by atoms with Crippen LogP contribution in [0.25, 0.3) is 0 Å². The molecule has 102 valence electrons. The van der Waals surface area contributed by atoms with E-state index < -0.39 is 0 Å². The molecular formula is C14H22FNO2. The molecule has 0 saturated carbocycles. The molecule has 0 aliphatic heterocycles. The number of ether oxygens (including phenoxy) is 2. The highest BCUT2D eigenvalue weighted by Gasteiger charge is 2.04. The summed E-state index contributed by atoms with van der Waals surface area (Å²) < 4.78 is 24.0. The zero-order chi connectivity index (χ0) is 13.2. The SMILES string of the molecule is CCCCOc1ccc(CNCCOC)cc1F. The first-order chi connectivity index (χ1) is 8.77. The molecule has 0 aromatic heterocycles. The number of halogens is 1. The van der Waals surface area contributed by atoms with Crippen LogP contribution in [-0.4, -0.2) is 26.9 Å². The van der Waals surface area contributed by atoms with Crippen LogP contribution in [-0.2, 0) is 11.3 Å². The molecule has 0 aliphatic carbocycles. The van der Waals surface area contributed by atoms with Gasteiger partial charge in [-0.2, -0.15) is 0 Å². The summed E-state index contributed by atoms with van der Waals surface area (Å²) in [6.07, 6.45) is 1.99. The third-order valence-corrected chi connectivity index (χ3v) is 2.56. The minimum absolute atomic E-state index is 0.294. The predicted octanol–water partition coefficient (Wildman–Crippen LogP) is 2.74. The van der Waals surface area contributed by atoms with Gasteiger partial charge >= 0.3 is 0 Å². The van der Waals surface area contributed by atoms with E-state index in [-0.39, 0.29) is 5.82 Å². The third-order valence-electron chi connectivity index (χ3n) is 2.56. The van der Waals surface area contributed by atoms with E-state index in [9.17, 15) is 4.39 Å². The fraction of sp³-hybridized carbons (Fsp3) is 0.571. The molecule has 0 saturated heterocycles. The molecule has 4 heteroatoms. The summed E-state index contributed by atoms with van der Waals surface area (Å²) in [4.78, 5) is 0. The summed E-state index contributed by atoms with van der Waals surface area (Å²) in [6.45, 7) is 4.69. The zero-order valence-corrected chi connectivity index (χ0v) is 11.2. The Hall–Kier alpha value is -1.13. The second-order valence-corrected chi connectivity index (χ2v) is 4.14. The van der Waals surface area contributed by atoms with Crippen molar-refractivity contribution in [1.29, 1.82) is 0 Å². The molecule has 1 rings (SSSR count). The van der Waals surface area contributed by atoms with E-state index in [0.29, 0.717) is 25.5 Å². The Balaban J connectivity index is 2.41. The Morgan fingerprint density at radius 3 is 2.78 bits per heavy atom. The van der Waals surface area contributed by atoms with Crippen LogP contribution in [0.15, 0.2) is 18.2 Å². The van der Waals surface area contributed by atoms with Gasteiger partial charge in [0.25, 0.3) is 0 Å². The number of nitrogens with one attached hydrogen (secondary N) is 1. The summed E-state index contributed by atoms with van der Waals surface area (Å²) >= 11 is 0. The molecule has 3 nitrogen and oxygen atoms in total. The van der Waals surface area contributed by atoms with Gasteiger partial charge in [0.1, 0.15) is 0 Å². The Kier molecular flexibility index (Phi) is 7.37. The third kappa shape index (κ3) is 5.47. The predicted molar refractivity (Wildman–Crippen MR) is 70.4 cm³/mol. The maximum Gasteiger partial charge on any atom is 0.165 e. The normalized spacial score (nSPS) is 10.6. The molecule has 0 spiro atoms. The van der Waals surface area contributed by atoms with E-state index in [4.69, 9.17) is 9.47 Å². The Morgan fingerprint density at radius 2 is 2.11 bits per heavy atom. The molecule has 0 bridgehead atoms. The highest BCUT2D eigenvalue weighted by molar-refractivity contribution is 5.29. The second kappa shape index (κ2) is 8.89. The van der Waals surface area contributed by atoms with Gasteiger partial charge < -0.3 is 14.8 Å². The zero-order valence-electron chi connectivity index (χ0n) is 11.2. The first kappa shape index (κ1) is 14.9. The first-order valence-electron chi connectivity index (χ1n) is 6.38. The minimum atomic E-state index is -0.294. The number of benzene rings is 1. The van der Waals surface area contributed by atoms with E-state index in [1.54, 1.807) is 13.2 Å². The summed E-state index contributed by atoms with van der Waals surface area (Å²) in [6, 6.07) is 5.09. The van der Waals surface area contributed by atoms with Gasteiger partial charge in [0.2, 0.25) is 0 Å². The molecule has 18 heavy (non-hydrogen) atoms. The minimum Gasteiger partial charge on any atom is -0.491 e. The van der Waals surface area contributed by atoms with E-state index in [1.807, 2.05) is 6.07 Å². The Morgan fingerprint density at radius 1 is 1.28 bits per heavy atom. The first-order valence-corrected chi connectivity index (χ1v) is 6.38. The fourth-order valence-electron chi connectivity index (χ4n) is 1.50. The molecule has 0 heterocycles. The van der Waals surface area contributed by atoms with Gasteiger partial charge in [-0.3, -0.25) is 0 Å². The van der Waals surface area contributed by atoms with Gasteiger partial charge in [-0.25, -0.2) is 4.39 Å². The Labute approximate surface area is 108 Å². The van der Waals surface area contributed by atoms with E-state index in [0.717, 1.165) is 24.9 Å². The van der Waals surface area contributed by atoms with Crippen molar-refractivity contribution in [1.82, 2.24) is 5.32 Å². The molecule has 0 fully saturated rings. The van der Waals surface area contributed by atoms with E-state index in [2.05, 4.69) is 12.2 Å². The van der Waals surface area contributed by atoms with Crippen LogP contribution >= 0.6 is 0 Å². The van der Waals surface area contributed by atoms with Gasteiger partial charge in [0.15, 0.2) is 11.6 Å². The van der Waals surface area contributed by atoms with Gasteiger partial charge in [-0.1, -0.05) is 19.4 Å². The van der Waals surface area contributed by atoms with Gasteiger partial charge in [-0.15, -0.1) is 0 Å². The monoisotopic (exact) mass is 255 g/mol. The topological polar surface area (TPSA) is 30.5 Å². The maximum atomic E-state index is 13.7. The quantitative estimate of drug-likeness (QED) is 0.688. The Bertz CT molecular complexity index is 345. The van der Waals surface area contributed by atoms with Crippen molar-refractivity contribution in [3.05, 3.63) is 29.6 Å². The molecule has 0 unspecified atom stereocenters. The molecule has 0 aliphatic rings. The molecule has 1 aromatic rings. The summed E-state index contributed by atoms with van der Waals surface area (Å²) in [5.41, 5.74) is 0.909. The van der Waals surface area contributed by atoms with Crippen LogP contribution in [0.1, 0.15) is 25.3 Å². The molecule has 0 amide bonds. The number of hydrogen-bond donors (Lipinski definition) is 1. The van der Waals surface area contributed by atoms with Crippen molar-refractivity contribution < 1.29 is 13.9 Å². The van der Waals surface area contributed by atoms with Crippen molar-refractivity contribution in [2.75, 3.05) is 26.9 Å². The molecule has 1 N–H and O–H groups in total. The second-order valence-electron chi connectivity index (χ2n) is 4.14.